The summed E-state index contributed by atoms with van der Waals surface area (Å²) in [5.74, 6) is 0. The molecule has 0 radical (unpaired) electrons. The van der Waals surface area contributed by atoms with Crippen LogP contribution in [0.25, 0.3) is 0 Å². The minimum Gasteiger partial charge on any atom is -0.394 e. The summed E-state index contributed by atoms with van der Waals surface area (Å²) in [6, 6.07) is -1.05. The van der Waals surface area contributed by atoms with Crippen LogP contribution in [0.15, 0.2) is 0 Å². The average molecular weight is 341 g/mol. The Morgan fingerprint density at radius 1 is 0.696 bits per heavy atom. The zero-order valence-corrected chi connectivity index (χ0v) is 12.1. The number of rotatable bonds is 4. The highest BCUT2D eigenvalue weighted by Crippen LogP contribution is 2.27. The highest BCUT2D eigenvalue weighted by molar-refractivity contribution is 4.93. The Morgan fingerprint density at radius 3 is 1.70 bits per heavy atom. The lowest BCUT2D eigenvalue weighted by molar-refractivity contribution is -0.369. The highest BCUT2D eigenvalue weighted by Gasteiger charge is 2.49. The van der Waals surface area contributed by atoms with Crippen LogP contribution >= 0.6 is 0 Å². The first-order valence-corrected chi connectivity index (χ1v) is 7.15. The van der Waals surface area contributed by atoms with Crippen LogP contribution in [0.2, 0.25) is 0 Å². The van der Waals surface area contributed by atoms with Gasteiger partial charge in [-0.15, -0.1) is 0 Å². The zero-order valence-electron chi connectivity index (χ0n) is 12.1. The molecule has 11 heteroatoms. The van der Waals surface area contributed by atoms with Crippen molar-refractivity contribution in [1.29, 1.82) is 0 Å². The molecule has 0 bridgehead atoms. The monoisotopic (exact) mass is 341 g/mol. The minimum atomic E-state index is -1.69. The molecule has 2 fully saturated rings. The van der Waals surface area contributed by atoms with Gasteiger partial charge in [-0.2, -0.15) is 0 Å². The van der Waals surface area contributed by atoms with Gasteiger partial charge in [0.15, 0.2) is 12.6 Å². The number of hydrogen-bond acceptors (Lipinski definition) is 11. The van der Waals surface area contributed by atoms with E-state index in [2.05, 4.69) is 0 Å². The standard InChI is InChI=1S/C12H23NO10/c13-5-3(1-14)21-11(9(19)7(5)17)23-12-10(20)8(18)6(16)4(2-15)22-12/h3-12,14-20H,1-2,13H2/t3?,4-,5-,6-,7+,8?,9?,10?,11-,12-/m1/s1. The van der Waals surface area contributed by atoms with Gasteiger partial charge in [0.2, 0.25) is 0 Å². The van der Waals surface area contributed by atoms with Crippen molar-refractivity contribution >= 4 is 0 Å². The fraction of sp³-hybridized carbons (Fsp3) is 1.00. The third-order valence-corrected chi connectivity index (χ3v) is 4.06. The minimum absolute atomic E-state index is 0.542. The Hall–Kier alpha value is -0.440. The molecule has 11 nitrogen and oxygen atoms in total. The van der Waals surface area contributed by atoms with Crippen molar-refractivity contribution in [2.24, 2.45) is 5.73 Å². The van der Waals surface area contributed by atoms with E-state index in [1.165, 1.54) is 0 Å². The maximum atomic E-state index is 9.92. The van der Waals surface area contributed by atoms with Crippen LogP contribution in [-0.4, -0.2) is 110 Å². The average Bonchev–Trinajstić information content (AvgIpc) is 2.55. The van der Waals surface area contributed by atoms with Gasteiger partial charge in [-0.3, -0.25) is 0 Å². The molecule has 4 unspecified atom stereocenters. The Labute approximate surface area is 131 Å². The van der Waals surface area contributed by atoms with Gasteiger partial charge in [-0.1, -0.05) is 0 Å². The highest BCUT2D eigenvalue weighted by atomic mass is 16.8. The molecule has 0 amide bonds. The lowest BCUT2D eigenvalue weighted by Crippen LogP contribution is -2.65. The molecular formula is C12H23NO10. The van der Waals surface area contributed by atoms with Crippen LogP contribution in [0, 0.1) is 0 Å². The molecule has 9 N–H and O–H groups in total. The molecule has 2 aliphatic heterocycles. The van der Waals surface area contributed by atoms with E-state index in [4.69, 9.17) is 30.2 Å². The fourth-order valence-corrected chi connectivity index (χ4v) is 2.54. The lowest BCUT2D eigenvalue weighted by Gasteiger charge is -2.44. The molecule has 23 heavy (non-hydrogen) atoms. The summed E-state index contributed by atoms with van der Waals surface area (Å²) < 4.78 is 15.5. The summed E-state index contributed by atoms with van der Waals surface area (Å²) >= 11 is 0. The molecule has 2 rings (SSSR count). The first kappa shape index (κ1) is 18.9. The molecule has 136 valence electrons. The van der Waals surface area contributed by atoms with Gasteiger partial charge in [-0.05, 0) is 0 Å². The molecular weight excluding hydrogens is 318 g/mol. The number of nitrogens with two attached hydrogens (primary N) is 1. The molecule has 2 saturated heterocycles. The van der Waals surface area contributed by atoms with Gasteiger partial charge in [0.25, 0.3) is 0 Å². The number of aliphatic hydroxyl groups excluding tert-OH is 7. The van der Waals surface area contributed by atoms with E-state index in [0.717, 1.165) is 0 Å². The summed E-state index contributed by atoms with van der Waals surface area (Å²) in [7, 11) is 0. The van der Waals surface area contributed by atoms with E-state index in [1.807, 2.05) is 0 Å². The summed E-state index contributed by atoms with van der Waals surface area (Å²) in [6.07, 6.45) is -13.2. The van der Waals surface area contributed by atoms with Crippen molar-refractivity contribution in [2.75, 3.05) is 13.2 Å². The van der Waals surface area contributed by atoms with Crippen LogP contribution < -0.4 is 5.73 Å². The largest absolute Gasteiger partial charge is 0.394 e. The summed E-state index contributed by atoms with van der Waals surface area (Å²) in [4.78, 5) is 0. The second kappa shape index (κ2) is 7.63. The van der Waals surface area contributed by atoms with Gasteiger partial charge in [0.1, 0.15) is 42.7 Å². The molecule has 0 aromatic heterocycles. The van der Waals surface area contributed by atoms with E-state index in [9.17, 15) is 25.5 Å². The quantitative estimate of drug-likeness (QED) is 0.243. The van der Waals surface area contributed by atoms with Crippen LogP contribution in [0.1, 0.15) is 0 Å². The first-order chi connectivity index (χ1) is 10.8. The number of ether oxygens (including phenoxy) is 3. The maximum absolute atomic E-state index is 9.92. The molecule has 2 aliphatic rings. The molecule has 2 heterocycles. The predicted octanol–water partition coefficient (Wildman–Crippen LogP) is -5.43. The van der Waals surface area contributed by atoms with Crippen molar-refractivity contribution in [3.05, 3.63) is 0 Å². The Morgan fingerprint density at radius 2 is 1.17 bits per heavy atom. The molecule has 0 aromatic rings. The predicted molar refractivity (Wildman–Crippen MR) is 70.6 cm³/mol. The molecule has 0 saturated carbocycles. The molecule has 0 aromatic carbocycles. The van der Waals surface area contributed by atoms with Crippen molar-refractivity contribution in [2.45, 2.75) is 61.3 Å². The first-order valence-electron chi connectivity index (χ1n) is 7.15. The van der Waals surface area contributed by atoms with Crippen molar-refractivity contribution < 1.29 is 50.0 Å². The number of hydrogen-bond donors (Lipinski definition) is 8. The maximum Gasteiger partial charge on any atom is 0.189 e. The number of aliphatic hydroxyl groups is 7. The van der Waals surface area contributed by atoms with Crippen molar-refractivity contribution in [3.63, 3.8) is 0 Å². The smallest absolute Gasteiger partial charge is 0.189 e. The lowest BCUT2D eigenvalue weighted by atomic mass is 9.97. The molecule has 0 spiro atoms. The van der Waals surface area contributed by atoms with Crippen LogP contribution in [0.3, 0.4) is 0 Å². The van der Waals surface area contributed by atoms with Crippen molar-refractivity contribution in [1.82, 2.24) is 0 Å². The Bertz CT molecular complexity index is 349. The van der Waals surface area contributed by atoms with E-state index < -0.39 is 74.6 Å². The van der Waals surface area contributed by atoms with Crippen molar-refractivity contribution in [3.8, 4) is 0 Å². The van der Waals surface area contributed by atoms with E-state index in [-0.39, 0.29) is 0 Å². The van der Waals surface area contributed by atoms with Gasteiger partial charge in [0, 0.05) is 0 Å². The fourth-order valence-electron chi connectivity index (χ4n) is 2.54. The van der Waals surface area contributed by atoms with Gasteiger partial charge < -0.3 is 55.7 Å². The topological polar surface area (TPSA) is 195 Å². The van der Waals surface area contributed by atoms with Gasteiger partial charge in [-0.25, -0.2) is 0 Å². The van der Waals surface area contributed by atoms with E-state index >= 15 is 0 Å². The van der Waals surface area contributed by atoms with E-state index in [1.54, 1.807) is 0 Å². The Balaban J connectivity index is 2.07. The summed E-state index contributed by atoms with van der Waals surface area (Å²) in [5.41, 5.74) is 5.59. The van der Waals surface area contributed by atoms with Crippen LogP contribution in [0.5, 0.6) is 0 Å². The van der Waals surface area contributed by atoms with Gasteiger partial charge in [0.05, 0.1) is 19.3 Å². The summed E-state index contributed by atoms with van der Waals surface area (Å²) in [6.45, 7) is -1.19. The third kappa shape index (κ3) is 3.65. The van der Waals surface area contributed by atoms with Crippen LogP contribution in [-0.2, 0) is 14.2 Å². The normalized spacial score (nSPS) is 51.7. The van der Waals surface area contributed by atoms with Crippen LogP contribution in [0.4, 0.5) is 0 Å². The second-order valence-electron chi connectivity index (χ2n) is 5.62. The second-order valence-corrected chi connectivity index (χ2v) is 5.62. The Kier molecular flexibility index (Phi) is 6.27. The third-order valence-electron chi connectivity index (χ3n) is 4.06. The van der Waals surface area contributed by atoms with E-state index in [0.29, 0.717) is 0 Å². The SMILES string of the molecule is N[C@@H]1C(CO)O[C@H](O[C@H]2O[C@H](CO)[C@@H](O)C(O)C2O)C(O)[C@H]1O. The molecule has 10 atom stereocenters. The van der Waals surface area contributed by atoms with Gasteiger partial charge >= 0.3 is 0 Å². The zero-order chi connectivity index (χ0) is 17.3. The molecule has 0 aliphatic carbocycles. The summed E-state index contributed by atoms with van der Waals surface area (Å²) in [5, 5.41) is 67.2.